The summed E-state index contributed by atoms with van der Waals surface area (Å²) in [4.78, 5) is 26.2. The largest absolute Gasteiger partial charge is 0.333 e. The van der Waals surface area contributed by atoms with Gasteiger partial charge in [0.2, 0.25) is 11.8 Å². The first kappa shape index (κ1) is 22.8. The standard InChI is InChI=1S/C21H24ClF2N3O2/c1-4-27(12-20(28)26-19-9-15(22)6-5-13(19)2)21(29)11-25-14(3)17-8-7-16(23)10-18(17)24/h5-10,14,25H,4,11-12H2,1-3H3,(H,26,28)/t14-/m0/s1. The first-order valence-corrected chi connectivity index (χ1v) is 9.61. The number of carbonyl (C=O) groups is 2. The van der Waals surface area contributed by atoms with Crippen LogP contribution in [-0.4, -0.2) is 36.3 Å². The smallest absolute Gasteiger partial charge is 0.244 e. The number of nitrogens with zero attached hydrogens (tertiary/aromatic N) is 1. The monoisotopic (exact) mass is 423 g/mol. The van der Waals surface area contributed by atoms with Crippen LogP contribution in [0.5, 0.6) is 0 Å². The average molecular weight is 424 g/mol. The maximum Gasteiger partial charge on any atom is 0.244 e. The number of anilines is 1. The molecule has 0 aliphatic carbocycles. The molecule has 0 fully saturated rings. The number of likely N-dealkylation sites (N-methyl/N-ethyl adjacent to an activating group) is 1. The van der Waals surface area contributed by atoms with Crippen LogP contribution in [-0.2, 0) is 9.59 Å². The van der Waals surface area contributed by atoms with E-state index < -0.39 is 17.7 Å². The number of nitrogens with one attached hydrogen (secondary N) is 2. The molecule has 156 valence electrons. The summed E-state index contributed by atoms with van der Waals surface area (Å²) in [5, 5.41) is 6.16. The van der Waals surface area contributed by atoms with Crippen molar-refractivity contribution >= 4 is 29.1 Å². The Morgan fingerprint density at radius 1 is 1.17 bits per heavy atom. The maximum absolute atomic E-state index is 13.9. The number of rotatable bonds is 8. The Bertz CT molecular complexity index is 892. The van der Waals surface area contributed by atoms with Crippen LogP contribution >= 0.6 is 11.6 Å². The van der Waals surface area contributed by atoms with Crippen LogP contribution in [0.3, 0.4) is 0 Å². The van der Waals surface area contributed by atoms with Crippen LogP contribution in [0, 0.1) is 18.6 Å². The van der Waals surface area contributed by atoms with E-state index in [0.717, 1.165) is 11.6 Å². The molecule has 0 saturated carbocycles. The molecule has 1 atom stereocenters. The predicted octanol–water partition coefficient (Wildman–Crippen LogP) is 4.06. The van der Waals surface area contributed by atoms with Crippen molar-refractivity contribution in [1.82, 2.24) is 10.2 Å². The van der Waals surface area contributed by atoms with Gasteiger partial charge in [-0.05, 0) is 44.5 Å². The van der Waals surface area contributed by atoms with Gasteiger partial charge in [-0.2, -0.15) is 0 Å². The van der Waals surface area contributed by atoms with Gasteiger partial charge in [-0.15, -0.1) is 0 Å². The molecule has 0 radical (unpaired) electrons. The lowest BCUT2D eigenvalue weighted by molar-refractivity contribution is -0.133. The minimum Gasteiger partial charge on any atom is -0.333 e. The lowest BCUT2D eigenvalue weighted by atomic mass is 10.1. The second-order valence-electron chi connectivity index (χ2n) is 6.68. The molecule has 5 nitrogen and oxygen atoms in total. The molecule has 8 heteroatoms. The van der Waals surface area contributed by atoms with Gasteiger partial charge in [0.1, 0.15) is 11.6 Å². The Balaban J connectivity index is 1.92. The van der Waals surface area contributed by atoms with Crippen molar-refractivity contribution in [2.45, 2.75) is 26.8 Å². The third-order valence-electron chi connectivity index (χ3n) is 4.53. The predicted molar refractivity (Wildman–Crippen MR) is 110 cm³/mol. The van der Waals surface area contributed by atoms with Crippen LogP contribution in [0.2, 0.25) is 5.02 Å². The summed E-state index contributed by atoms with van der Waals surface area (Å²) in [5.41, 5.74) is 1.70. The third kappa shape index (κ3) is 6.51. The normalized spacial score (nSPS) is 11.8. The van der Waals surface area contributed by atoms with Crippen molar-refractivity contribution in [1.29, 1.82) is 0 Å². The van der Waals surface area contributed by atoms with Gasteiger partial charge in [0.05, 0.1) is 13.1 Å². The second-order valence-corrected chi connectivity index (χ2v) is 7.12. The molecular formula is C21H24ClF2N3O2. The van der Waals surface area contributed by atoms with E-state index in [9.17, 15) is 18.4 Å². The van der Waals surface area contributed by atoms with Gasteiger partial charge in [0.15, 0.2) is 0 Å². The minimum atomic E-state index is -0.680. The van der Waals surface area contributed by atoms with Gasteiger partial charge in [0.25, 0.3) is 0 Å². The van der Waals surface area contributed by atoms with Crippen molar-refractivity contribution < 1.29 is 18.4 Å². The van der Waals surface area contributed by atoms with Crippen LogP contribution in [0.1, 0.15) is 31.0 Å². The zero-order valence-corrected chi connectivity index (χ0v) is 17.3. The van der Waals surface area contributed by atoms with Crippen LogP contribution < -0.4 is 10.6 Å². The molecule has 2 amide bonds. The maximum atomic E-state index is 13.9. The molecule has 0 unspecified atom stereocenters. The number of benzene rings is 2. The van der Waals surface area contributed by atoms with Gasteiger partial charge in [-0.1, -0.05) is 23.7 Å². The topological polar surface area (TPSA) is 61.4 Å². The Kier molecular flexibility index (Phi) is 8.10. The van der Waals surface area contributed by atoms with Gasteiger partial charge < -0.3 is 15.5 Å². The molecule has 0 aromatic heterocycles. The molecular weight excluding hydrogens is 400 g/mol. The van der Waals surface area contributed by atoms with Gasteiger partial charge >= 0.3 is 0 Å². The zero-order valence-electron chi connectivity index (χ0n) is 16.6. The molecule has 29 heavy (non-hydrogen) atoms. The van der Waals surface area contributed by atoms with E-state index in [1.54, 1.807) is 32.0 Å². The molecule has 2 rings (SSSR count). The fraction of sp³-hybridized carbons (Fsp3) is 0.333. The molecule has 2 aromatic carbocycles. The van der Waals surface area contributed by atoms with Gasteiger partial charge in [-0.25, -0.2) is 8.78 Å². The van der Waals surface area contributed by atoms with E-state index in [4.69, 9.17) is 11.6 Å². The van der Waals surface area contributed by atoms with Crippen LogP contribution in [0.25, 0.3) is 0 Å². The Hall–Kier alpha value is -2.51. The average Bonchev–Trinajstić information content (AvgIpc) is 2.66. The van der Waals surface area contributed by atoms with Gasteiger partial charge in [0, 0.05) is 34.9 Å². The fourth-order valence-electron chi connectivity index (χ4n) is 2.78. The number of halogens is 3. The second kappa shape index (κ2) is 10.3. The van der Waals surface area contributed by atoms with Crippen molar-refractivity contribution in [3.63, 3.8) is 0 Å². The van der Waals surface area contributed by atoms with Crippen molar-refractivity contribution in [3.8, 4) is 0 Å². The number of amides is 2. The molecule has 0 heterocycles. The Labute approximate surface area is 174 Å². The molecule has 0 aliphatic heterocycles. The number of hydrogen-bond donors (Lipinski definition) is 2. The third-order valence-corrected chi connectivity index (χ3v) is 4.77. The minimum absolute atomic E-state index is 0.0880. The number of carbonyl (C=O) groups excluding carboxylic acids is 2. The Morgan fingerprint density at radius 3 is 2.55 bits per heavy atom. The molecule has 0 spiro atoms. The van der Waals surface area contributed by atoms with E-state index in [0.29, 0.717) is 17.3 Å². The van der Waals surface area contributed by atoms with E-state index in [2.05, 4.69) is 10.6 Å². The van der Waals surface area contributed by atoms with E-state index in [1.165, 1.54) is 17.0 Å². The molecule has 0 bridgehead atoms. The quantitative estimate of drug-likeness (QED) is 0.673. The van der Waals surface area contributed by atoms with Crippen molar-refractivity contribution in [2.24, 2.45) is 0 Å². The fourth-order valence-corrected chi connectivity index (χ4v) is 2.96. The highest BCUT2D eigenvalue weighted by atomic mass is 35.5. The highest BCUT2D eigenvalue weighted by Gasteiger charge is 2.18. The summed E-state index contributed by atoms with van der Waals surface area (Å²) in [6.07, 6.45) is 0. The van der Waals surface area contributed by atoms with Crippen molar-refractivity contribution in [2.75, 3.05) is 25.0 Å². The molecule has 2 aromatic rings. The van der Waals surface area contributed by atoms with Gasteiger partial charge in [-0.3, -0.25) is 9.59 Å². The van der Waals surface area contributed by atoms with Crippen LogP contribution in [0.4, 0.5) is 14.5 Å². The summed E-state index contributed by atoms with van der Waals surface area (Å²) >= 11 is 5.95. The lowest BCUT2D eigenvalue weighted by Gasteiger charge is -2.22. The van der Waals surface area contributed by atoms with E-state index >= 15 is 0 Å². The van der Waals surface area contributed by atoms with E-state index in [-0.39, 0.29) is 30.5 Å². The summed E-state index contributed by atoms with van der Waals surface area (Å²) in [6, 6.07) is 7.97. The summed E-state index contributed by atoms with van der Waals surface area (Å²) in [5.74, 6) is -1.99. The summed E-state index contributed by atoms with van der Waals surface area (Å²) in [7, 11) is 0. The summed E-state index contributed by atoms with van der Waals surface area (Å²) < 4.78 is 26.9. The Morgan fingerprint density at radius 2 is 1.90 bits per heavy atom. The van der Waals surface area contributed by atoms with E-state index in [1.807, 2.05) is 6.92 Å². The first-order chi connectivity index (χ1) is 13.7. The molecule has 0 saturated heterocycles. The molecule has 0 aliphatic rings. The SMILES string of the molecule is CCN(CC(=O)Nc1cc(Cl)ccc1C)C(=O)CN[C@@H](C)c1ccc(F)cc1F. The number of hydrogen-bond acceptors (Lipinski definition) is 3. The zero-order chi connectivity index (χ0) is 21.6. The summed E-state index contributed by atoms with van der Waals surface area (Å²) in [6.45, 7) is 5.40. The molecule has 2 N–H and O–H groups in total. The number of aryl methyl sites for hydroxylation is 1. The highest BCUT2D eigenvalue weighted by molar-refractivity contribution is 6.31. The lowest BCUT2D eigenvalue weighted by Crippen LogP contribution is -2.42. The first-order valence-electron chi connectivity index (χ1n) is 9.23. The highest BCUT2D eigenvalue weighted by Crippen LogP contribution is 2.20. The van der Waals surface area contributed by atoms with Crippen molar-refractivity contribution in [3.05, 3.63) is 64.2 Å². The van der Waals surface area contributed by atoms with Crippen LogP contribution in [0.15, 0.2) is 36.4 Å².